The monoisotopic (exact) mass is 321 g/mol. The van der Waals surface area contributed by atoms with Crippen molar-refractivity contribution in [1.82, 2.24) is 9.78 Å². The summed E-state index contributed by atoms with van der Waals surface area (Å²) < 4.78 is 2.03. The minimum Gasteiger partial charge on any atom is -0.340 e. The first-order valence-electron chi connectivity index (χ1n) is 7.56. The molecule has 4 heteroatoms. The van der Waals surface area contributed by atoms with E-state index in [-0.39, 0.29) is 6.04 Å². The molecular weight excluding hydrogens is 306 g/mol. The number of fused-ring (bicyclic) bond motifs is 1. The summed E-state index contributed by atoms with van der Waals surface area (Å²) in [6.45, 7) is 2.01. The first-order chi connectivity index (χ1) is 11.2. The lowest BCUT2D eigenvalue weighted by Gasteiger charge is -2.25. The standard InChI is InChI=1S/C19H16ClN3/c1-13-11-19-21-17(14-7-9-16(20)10-8-14)12-18(23(19)22-13)15-5-3-2-4-6-15/h2-12,18,21H,1H3. The number of benzene rings is 2. The second-order valence-electron chi connectivity index (χ2n) is 5.68. The predicted molar refractivity (Wildman–Crippen MR) is 94.6 cm³/mol. The Morgan fingerprint density at radius 3 is 2.52 bits per heavy atom. The van der Waals surface area contributed by atoms with Crippen LogP contribution in [0, 0.1) is 6.92 Å². The minimum atomic E-state index is 0.0758. The summed E-state index contributed by atoms with van der Waals surface area (Å²) in [7, 11) is 0. The largest absolute Gasteiger partial charge is 0.340 e. The Hall–Kier alpha value is -2.52. The molecule has 0 bridgehead atoms. The van der Waals surface area contributed by atoms with Gasteiger partial charge in [0.05, 0.1) is 11.7 Å². The van der Waals surface area contributed by atoms with Gasteiger partial charge in [0.25, 0.3) is 0 Å². The van der Waals surface area contributed by atoms with Gasteiger partial charge in [-0.25, -0.2) is 4.68 Å². The fourth-order valence-corrected chi connectivity index (χ4v) is 3.04. The lowest BCUT2D eigenvalue weighted by Crippen LogP contribution is -2.19. The maximum atomic E-state index is 6.01. The van der Waals surface area contributed by atoms with Gasteiger partial charge in [-0.1, -0.05) is 54.1 Å². The molecule has 3 nitrogen and oxygen atoms in total. The van der Waals surface area contributed by atoms with Gasteiger partial charge in [0.2, 0.25) is 0 Å². The van der Waals surface area contributed by atoms with E-state index in [1.165, 1.54) is 5.56 Å². The van der Waals surface area contributed by atoms with Crippen LogP contribution in [0.4, 0.5) is 5.82 Å². The van der Waals surface area contributed by atoms with Crippen LogP contribution in [0.25, 0.3) is 5.70 Å². The van der Waals surface area contributed by atoms with Gasteiger partial charge in [0.1, 0.15) is 5.82 Å². The second kappa shape index (κ2) is 5.60. The number of allylic oxidation sites excluding steroid dienone is 1. The van der Waals surface area contributed by atoms with E-state index >= 15 is 0 Å². The Balaban J connectivity index is 1.82. The van der Waals surface area contributed by atoms with E-state index in [9.17, 15) is 0 Å². The van der Waals surface area contributed by atoms with Crippen molar-refractivity contribution in [2.24, 2.45) is 0 Å². The topological polar surface area (TPSA) is 29.9 Å². The van der Waals surface area contributed by atoms with Gasteiger partial charge in [-0.3, -0.25) is 0 Å². The van der Waals surface area contributed by atoms with E-state index in [0.717, 1.165) is 27.8 Å². The van der Waals surface area contributed by atoms with Crippen LogP contribution in [-0.4, -0.2) is 9.78 Å². The van der Waals surface area contributed by atoms with E-state index < -0.39 is 0 Å². The molecule has 0 saturated heterocycles. The van der Waals surface area contributed by atoms with Gasteiger partial charge in [0.15, 0.2) is 0 Å². The molecule has 1 aliphatic heterocycles. The van der Waals surface area contributed by atoms with Crippen LogP contribution in [0.15, 0.2) is 66.7 Å². The van der Waals surface area contributed by atoms with Crippen LogP contribution in [0.2, 0.25) is 5.02 Å². The molecule has 0 saturated carbocycles. The summed E-state index contributed by atoms with van der Waals surface area (Å²) in [4.78, 5) is 0. The number of halogens is 1. The van der Waals surface area contributed by atoms with E-state index in [4.69, 9.17) is 11.6 Å². The van der Waals surface area contributed by atoms with Gasteiger partial charge < -0.3 is 5.32 Å². The number of rotatable bonds is 2. The maximum absolute atomic E-state index is 6.01. The van der Waals surface area contributed by atoms with Crippen molar-refractivity contribution >= 4 is 23.1 Å². The third kappa shape index (κ3) is 2.64. The molecule has 2 heterocycles. The van der Waals surface area contributed by atoms with Gasteiger partial charge in [-0.2, -0.15) is 5.10 Å². The molecule has 23 heavy (non-hydrogen) atoms. The van der Waals surface area contributed by atoms with Crippen molar-refractivity contribution in [2.75, 3.05) is 5.32 Å². The normalized spacial score (nSPS) is 16.4. The Morgan fingerprint density at radius 2 is 1.78 bits per heavy atom. The number of nitrogens with zero attached hydrogens (tertiary/aromatic N) is 2. The number of hydrogen-bond acceptors (Lipinski definition) is 2. The van der Waals surface area contributed by atoms with E-state index in [2.05, 4.69) is 46.8 Å². The number of nitrogens with one attached hydrogen (secondary N) is 1. The van der Waals surface area contributed by atoms with Gasteiger partial charge >= 0.3 is 0 Å². The highest BCUT2D eigenvalue weighted by Crippen LogP contribution is 2.33. The molecule has 1 N–H and O–H groups in total. The summed E-state index contributed by atoms with van der Waals surface area (Å²) in [6, 6.07) is 20.4. The van der Waals surface area contributed by atoms with Crippen LogP contribution in [-0.2, 0) is 0 Å². The number of aromatic nitrogens is 2. The van der Waals surface area contributed by atoms with Crippen LogP contribution in [0.1, 0.15) is 22.9 Å². The number of hydrogen-bond donors (Lipinski definition) is 1. The third-order valence-corrected chi connectivity index (χ3v) is 4.26. The van der Waals surface area contributed by atoms with Crippen LogP contribution >= 0.6 is 11.6 Å². The lowest BCUT2D eigenvalue weighted by molar-refractivity contribution is 0.608. The predicted octanol–water partition coefficient (Wildman–Crippen LogP) is 4.90. The fraction of sp³-hybridized carbons (Fsp3) is 0.105. The summed E-state index contributed by atoms with van der Waals surface area (Å²) in [5, 5.41) is 8.85. The van der Waals surface area contributed by atoms with Crippen LogP contribution in [0.5, 0.6) is 0 Å². The summed E-state index contributed by atoms with van der Waals surface area (Å²) in [6.07, 6.45) is 2.21. The van der Waals surface area contributed by atoms with Crippen molar-refractivity contribution in [1.29, 1.82) is 0 Å². The molecule has 3 aromatic rings. The first kappa shape index (κ1) is 14.1. The van der Waals surface area contributed by atoms with E-state index in [1.807, 2.05) is 41.9 Å². The maximum Gasteiger partial charge on any atom is 0.130 e. The summed E-state index contributed by atoms with van der Waals surface area (Å²) in [5.41, 5.74) is 4.40. The van der Waals surface area contributed by atoms with Gasteiger partial charge in [-0.15, -0.1) is 0 Å². The summed E-state index contributed by atoms with van der Waals surface area (Å²) >= 11 is 6.01. The molecule has 0 fully saturated rings. The Kier molecular flexibility index (Phi) is 3.43. The van der Waals surface area contributed by atoms with Crippen molar-refractivity contribution in [3.8, 4) is 0 Å². The second-order valence-corrected chi connectivity index (χ2v) is 6.12. The van der Waals surface area contributed by atoms with Crippen molar-refractivity contribution in [3.05, 3.63) is 88.6 Å². The molecular formula is C19H16ClN3. The average molecular weight is 322 g/mol. The lowest BCUT2D eigenvalue weighted by atomic mass is 10.0. The highest BCUT2D eigenvalue weighted by atomic mass is 35.5. The van der Waals surface area contributed by atoms with Gasteiger partial charge in [0, 0.05) is 16.8 Å². The molecule has 114 valence electrons. The van der Waals surface area contributed by atoms with E-state index in [0.29, 0.717) is 0 Å². The highest BCUT2D eigenvalue weighted by molar-refractivity contribution is 6.30. The molecule has 1 atom stereocenters. The Bertz CT molecular complexity index is 863. The Labute approximate surface area is 140 Å². The van der Waals surface area contributed by atoms with E-state index in [1.54, 1.807) is 0 Å². The summed E-state index contributed by atoms with van der Waals surface area (Å²) in [5.74, 6) is 1.00. The number of aryl methyl sites for hydroxylation is 1. The minimum absolute atomic E-state index is 0.0758. The molecule has 0 radical (unpaired) electrons. The SMILES string of the molecule is Cc1cc2n(n1)C(c1ccccc1)C=C(c1ccc(Cl)cc1)N2. The Morgan fingerprint density at radius 1 is 1.04 bits per heavy atom. The van der Waals surface area contributed by atoms with Crippen molar-refractivity contribution in [2.45, 2.75) is 13.0 Å². The van der Waals surface area contributed by atoms with Crippen LogP contribution < -0.4 is 5.32 Å². The molecule has 0 spiro atoms. The highest BCUT2D eigenvalue weighted by Gasteiger charge is 2.23. The first-order valence-corrected chi connectivity index (χ1v) is 7.94. The molecule has 0 amide bonds. The van der Waals surface area contributed by atoms with Crippen LogP contribution in [0.3, 0.4) is 0 Å². The van der Waals surface area contributed by atoms with Gasteiger partial charge in [-0.05, 0) is 36.3 Å². The fourth-order valence-electron chi connectivity index (χ4n) is 2.92. The smallest absolute Gasteiger partial charge is 0.130 e. The average Bonchev–Trinajstić information content (AvgIpc) is 2.95. The molecule has 1 aromatic heterocycles. The molecule has 2 aromatic carbocycles. The molecule has 0 aliphatic carbocycles. The quantitative estimate of drug-likeness (QED) is 0.727. The zero-order valence-corrected chi connectivity index (χ0v) is 13.5. The third-order valence-electron chi connectivity index (χ3n) is 4.00. The molecule has 1 aliphatic rings. The zero-order chi connectivity index (χ0) is 15.8. The molecule has 4 rings (SSSR count). The van der Waals surface area contributed by atoms with Crippen molar-refractivity contribution in [3.63, 3.8) is 0 Å². The molecule has 1 unspecified atom stereocenters. The van der Waals surface area contributed by atoms with Crippen molar-refractivity contribution < 1.29 is 0 Å². The zero-order valence-electron chi connectivity index (χ0n) is 12.7. The number of anilines is 1.